The standard InChI is InChI=1S/C23H18ClN3O3/c24-10-14-11-27(19-9-20(28)15-3-1-2-4-16(15)21(14)19)23(30)18-8-13-7-12(22(25)29)5-6-17(13)26-18/h1-9,14,26,28H,10-11H2,(H2,25,29). The molecule has 2 amide bonds. The van der Waals surface area contributed by atoms with Gasteiger partial charge in [-0.15, -0.1) is 11.6 Å². The van der Waals surface area contributed by atoms with Crippen LogP contribution in [0.4, 0.5) is 5.69 Å². The number of primary amides is 1. The van der Waals surface area contributed by atoms with Gasteiger partial charge < -0.3 is 20.7 Å². The molecule has 30 heavy (non-hydrogen) atoms. The number of aromatic amines is 1. The lowest BCUT2D eigenvalue weighted by Crippen LogP contribution is -2.30. The molecule has 1 unspecified atom stereocenters. The van der Waals surface area contributed by atoms with Gasteiger partial charge in [0.1, 0.15) is 11.4 Å². The number of fused-ring (bicyclic) bond motifs is 4. The van der Waals surface area contributed by atoms with Crippen LogP contribution in [0.2, 0.25) is 0 Å². The first-order valence-corrected chi connectivity index (χ1v) is 10.1. The van der Waals surface area contributed by atoms with E-state index < -0.39 is 5.91 Å². The maximum atomic E-state index is 13.4. The van der Waals surface area contributed by atoms with Crippen molar-refractivity contribution in [2.45, 2.75) is 5.92 Å². The molecule has 6 nitrogen and oxygen atoms in total. The highest BCUT2D eigenvalue weighted by atomic mass is 35.5. The minimum Gasteiger partial charge on any atom is -0.507 e. The molecule has 0 saturated heterocycles. The third kappa shape index (κ3) is 2.72. The number of aromatic hydroxyl groups is 1. The van der Waals surface area contributed by atoms with Crippen molar-refractivity contribution in [3.63, 3.8) is 0 Å². The fourth-order valence-electron chi connectivity index (χ4n) is 4.29. The molecule has 1 aliphatic heterocycles. The summed E-state index contributed by atoms with van der Waals surface area (Å²) < 4.78 is 0. The molecule has 0 aliphatic carbocycles. The predicted molar refractivity (Wildman–Crippen MR) is 118 cm³/mol. The number of hydrogen-bond donors (Lipinski definition) is 3. The molecule has 0 bridgehead atoms. The van der Waals surface area contributed by atoms with Crippen LogP contribution >= 0.6 is 11.6 Å². The number of carbonyl (C=O) groups is 2. The van der Waals surface area contributed by atoms with Gasteiger partial charge in [-0.3, -0.25) is 9.59 Å². The Morgan fingerprint density at radius 1 is 1.13 bits per heavy atom. The Bertz CT molecular complexity index is 1340. The SMILES string of the molecule is NC(=O)c1ccc2[nH]c(C(=O)N3CC(CCl)c4c3cc(O)c3ccccc43)cc2c1. The summed E-state index contributed by atoms with van der Waals surface area (Å²) in [5, 5.41) is 12.9. The van der Waals surface area contributed by atoms with Crippen molar-refractivity contribution in [3.8, 4) is 5.75 Å². The highest BCUT2D eigenvalue weighted by Crippen LogP contribution is 2.45. The van der Waals surface area contributed by atoms with Gasteiger partial charge in [-0.2, -0.15) is 0 Å². The maximum Gasteiger partial charge on any atom is 0.274 e. The van der Waals surface area contributed by atoms with Crippen LogP contribution in [-0.4, -0.2) is 34.3 Å². The van der Waals surface area contributed by atoms with Crippen molar-refractivity contribution in [2.24, 2.45) is 5.73 Å². The number of carbonyl (C=O) groups excluding carboxylic acids is 2. The van der Waals surface area contributed by atoms with Crippen LogP contribution in [0.1, 0.15) is 32.3 Å². The van der Waals surface area contributed by atoms with Crippen LogP contribution in [0.25, 0.3) is 21.7 Å². The number of benzene rings is 3. The number of nitrogens with zero attached hydrogens (tertiary/aromatic N) is 1. The highest BCUT2D eigenvalue weighted by Gasteiger charge is 2.35. The molecule has 0 spiro atoms. The third-order valence-corrected chi connectivity index (χ3v) is 6.08. The van der Waals surface area contributed by atoms with Gasteiger partial charge in [0, 0.05) is 46.3 Å². The van der Waals surface area contributed by atoms with Crippen LogP contribution in [0, 0.1) is 0 Å². The molecule has 4 aromatic rings. The number of anilines is 1. The molecule has 3 aromatic carbocycles. The molecule has 0 saturated carbocycles. The van der Waals surface area contributed by atoms with E-state index in [0.29, 0.717) is 29.4 Å². The van der Waals surface area contributed by atoms with E-state index in [2.05, 4.69) is 4.98 Å². The summed E-state index contributed by atoms with van der Waals surface area (Å²) in [7, 11) is 0. The maximum absolute atomic E-state index is 13.4. The van der Waals surface area contributed by atoms with Gasteiger partial charge in [-0.1, -0.05) is 24.3 Å². The lowest BCUT2D eigenvalue weighted by atomic mass is 9.95. The number of aromatic nitrogens is 1. The Hall–Kier alpha value is -3.51. The molecule has 1 aliphatic rings. The number of rotatable bonds is 3. The second-order valence-corrected chi connectivity index (χ2v) is 7.80. The van der Waals surface area contributed by atoms with E-state index in [-0.39, 0.29) is 17.6 Å². The van der Waals surface area contributed by atoms with Crippen molar-refractivity contribution < 1.29 is 14.7 Å². The van der Waals surface area contributed by atoms with Gasteiger partial charge in [-0.05, 0) is 35.2 Å². The van der Waals surface area contributed by atoms with Crippen LogP contribution in [0.15, 0.2) is 54.6 Å². The quantitative estimate of drug-likeness (QED) is 0.436. The van der Waals surface area contributed by atoms with Gasteiger partial charge >= 0.3 is 0 Å². The van der Waals surface area contributed by atoms with Crippen molar-refractivity contribution in [1.29, 1.82) is 0 Å². The van der Waals surface area contributed by atoms with Gasteiger partial charge in [0.2, 0.25) is 5.91 Å². The van der Waals surface area contributed by atoms with Crippen LogP contribution in [-0.2, 0) is 0 Å². The monoisotopic (exact) mass is 419 g/mol. The largest absolute Gasteiger partial charge is 0.507 e. The molecule has 1 atom stereocenters. The van der Waals surface area contributed by atoms with Gasteiger partial charge in [0.15, 0.2) is 0 Å². The summed E-state index contributed by atoms with van der Waals surface area (Å²) in [6.07, 6.45) is 0. The van der Waals surface area contributed by atoms with Crippen LogP contribution in [0.5, 0.6) is 5.75 Å². The summed E-state index contributed by atoms with van der Waals surface area (Å²) >= 11 is 6.25. The minimum absolute atomic E-state index is 0.0399. The van der Waals surface area contributed by atoms with Gasteiger partial charge in [0.05, 0.1) is 5.69 Å². The Balaban J connectivity index is 1.61. The first kappa shape index (κ1) is 18.5. The Kier molecular flexibility index (Phi) is 4.18. The molecule has 0 fully saturated rings. The molecular formula is C23H18ClN3O3. The summed E-state index contributed by atoms with van der Waals surface area (Å²) in [5.41, 5.74) is 8.49. The number of alkyl halides is 1. The number of H-pyrrole nitrogens is 1. The summed E-state index contributed by atoms with van der Waals surface area (Å²) in [6.45, 7) is 0.424. The number of phenolic OH excluding ortho intramolecular Hbond substituents is 1. The first-order chi connectivity index (χ1) is 14.5. The van der Waals surface area contributed by atoms with E-state index >= 15 is 0 Å². The average molecular weight is 420 g/mol. The van der Waals surface area contributed by atoms with Crippen molar-refractivity contribution in [3.05, 3.63) is 71.4 Å². The van der Waals surface area contributed by atoms with E-state index in [1.165, 1.54) is 0 Å². The normalized spacial score (nSPS) is 15.6. The van der Waals surface area contributed by atoms with E-state index in [4.69, 9.17) is 17.3 Å². The number of nitrogens with two attached hydrogens (primary N) is 1. The fraction of sp³-hybridized carbons (Fsp3) is 0.130. The highest BCUT2D eigenvalue weighted by molar-refractivity contribution is 6.19. The Morgan fingerprint density at radius 3 is 2.63 bits per heavy atom. The second kappa shape index (κ2) is 6.78. The molecule has 0 radical (unpaired) electrons. The fourth-order valence-corrected chi connectivity index (χ4v) is 4.54. The summed E-state index contributed by atoms with van der Waals surface area (Å²) in [6, 6.07) is 15.9. The van der Waals surface area contributed by atoms with Crippen LogP contribution < -0.4 is 10.6 Å². The van der Waals surface area contributed by atoms with Gasteiger partial charge in [-0.25, -0.2) is 0 Å². The molecule has 7 heteroatoms. The topological polar surface area (TPSA) is 99.4 Å². The third-order valence-electron chi connectivity index (χ3n) is 5.71. The van der Waals surface area contributed by atoms with Gasteiger partial charge in [0.25, 0.3) is 5.91 Å². The zero-order valence-electron chi connectivity index (χ0n) is 15.9. The zero-order chi connectivity index (χ0) is 21.0. The van der Waals surface area contributed by atoms with Crippen molar-refractivity contribution in [1.82, 2.24) is 4.98 Å². The summed E-state index contributed by atoms with van der Waals surface area (Å²) in [5.74, 6) is -0.301. The average Bonchev–Trinajstić information content (AvgIpc) is 3.34. The predicted octanol–water partition coefficient (Wildman–Crippen LogP) is 4.11. The van der Waals surface area contributed by atoms with Crippen molar-refractivity contribution in [2.75, 3.05) is 17.3 Å². The minimum atomic E-state index is -0.522. The smallest absolute Gasteiger partial charge is 0.274 e. The Morgan fingerprint density at radius 2 is 1.90 bits per heavy atom. The lowest BCUT2D eigenvalue weighted by Gasteiger charge is -2.17. The van der Waals surface area contributed by atoms with Crippen LogP contribution in [0.3, 0.4) is 0 Å². The zero-order valence-corrected chi connectivity index (χ0v) is 16.6. The number of phenols is 1. The molecule has 150 valence electrons. The molecule has 2 heterocycles. The van der Waals surface area contributed by atoms with E-state index in [1.54, 1.807) is 35.2 Å². The summed E-state index contributed by atoms with van der Waals surface area (Å²) in [4.78, 5) is 29.6. The lowest BCUT2D eigenvalue weighted by molar-refractivity contribution is 0.0981. The molecule has 5 rings (SSSR count). The van der Waals surface area contributed by atoms with E-state index in [1.807, 2.05) is 24.3 Å². The Labute approximate surface area is 176 Å². The number of nitrogens with one attached hydrogen (secondary N) is 1. The molecule has 4 N–H and O–H groups in total. The number of amides is 2. The second-order valence-electron chi connectivity index (χ2n) is 7.49. The van der Waals surface area contributed by atoms with Crippen molar-refractivity contribution >= 4 is 50.8 Å². The molecular weight excluding hydrogens is 402 g/mol. The number of hydrogen-bond acceptors (Lipinski definition) is 3. The molecule has 1 aromatic heterocycles. The number of halogens is 1. The van der Waals surface area contributed by atoms with E-state index in [9.17, 15) is 14.7 Å². The first-order valence-electron chi connectivity index (χ1n) is 9.53. The van der Waals surface area contributed by atoms with E-state index in [0.717, 1.165) is 27.2 Å².